The smallest absolute Gasteiger partial charge is 0.0991 e. The second-order valence-corrected chi connectivity index (χ2v) is 4.43. The largest absolute Gasteiger partial charge is 0.330 e. The summed E-state index contributed by atoms with van der Waals surface area (Å²) < 4.78 is 0. The number of likely N-dealkylation sites (tertiary alicyclic amines) is 1. The molecule has 1 aliphatic rings. The molecule has 1 aromatic carbocycles. The Bertz CT molecular complexity index is 383. The molecule has 4 heteroatoms. The van der Waals surface area contributed by atoms with E-state index >= 15 is 0 Å². The lowest BCUT2D eigenvalue weighted by atomic mass is 10.1. The van der Waals surface area contributed by atoms with Crippen molar-refractivity contribution in [3.05, 3.63) is 35.4 Å². The monoisotopic (exact) mass is 251 g/mol. The van der Waals surface area contributed by atoms with Crippen LogP contribution in [0.5, 0.6) is 0 Å². The second-order valence-electron chi connectivity index (χ2n) is 4.43. The van der Waals surface area contributed by atoms with Gasteiger partial charge in [0.05, 0.1) is 11.6 Å². The summed E-state index contributed by atoms with van der Waals surface area (Å²) in [6.07, 6.45) is 1.22. The van der Waals surface area contributed by atoms with Gasteiger partial charge in [0.2, 0.25) is 0 Å². The molecule has 1 heterocycles. The minimum absolute atomic E-state index is 0. The van der Waals surface area contributed by atoms with Gasteiger partial charge in [-0.25, -0.2) is 0 Å². The van der Waals surface area contributed by atoms with Crippen LogP contribution in [0.25, 0.3) is 0 Å². The van der Waals surface area contributed by atoms with E-state index in [-0.39, 0.29) is 12.4 Å². The molecule has 3 nitrogen and oxygen atoms in total. The van der Waals surface area contributed by atoms with Gasteiger partial charge in [0.25, 0.3) is 0 Å². The molecule has 2 rings (SSSR count). The first-order valence-electron chi connectivity index (χ1n) is 5.73. The number of nitriles is 1. The van der Waals surface area contributed by atoms with Crippen LogP contribution in [0.15, 0.2) is 24.3 Å². The summed E-state index contributed by atoms with van der Waals surface area (Å²) in [4.78, 5) is 2.43. The first-order chi connectivity index (χ1) is 7.81. The van der Waals surface area contributed by atoms with Crippen LogP contribution in [0, 0.1) is 17.2 Å². The van der Waals surface area contributed by atoms with Crippen LogP contribution in [0.1, 0.15) is 17.5 Å². The summed E-state index contributed by atoms with van der Waals surface area (Å²) >= 11 is 0. The Kier molecular flexibility index (Phi) is 5.43. The number of benzene rings is 1. The summed E-state index contributed by atoms with van der Waals surface area (Å²) in [7, 11) is 0. The van der Waals surface area contributed by atoms with Crippen molar-refractivity contribution in [2.24, 2.45) is 11.7 Å². The third-order valence-corrected chi connectivity index (χ3v) is 3.19. The normalized spacial score (nSPS) is 19.6. The first-order valence-corrected chi connectivity index (χ1v) is 5.73. The third-order valence-electron chi connectivity index (χ3n) is 3.19. The van der Waals surface area contributed by atoms with Gasteiger partial charge < -0.3 is 5.73 Å². The summed E-state index contributed by atoms with van der Waals surface area (Å²) in [5.41, 5.74) is 7.67. The molecule has 1 atom stereocenters. The molecule has 0 aromatic heterocycles. The summed E-state index contributed by atoms with van der Waals surface area (Å²) in [6, 6.07) is 9.97. The molecule has 0 bridgehead atoms. The zero-order valence-corrected chi connectivity index (χ0v) is 10.6. The van der Waals surface area contributed by atoms with Gasteiger partial charge in [0.15, 0.2) is 0 Å². The van der Waals surface area contributed by atoms with Gasteiger partial charge in [0, 0.05) is 13.1 Å². The molecular formula is C13H18ClN3. The van der Waals surface area contributed by atoms with Crippen molar-refractivity contribution in [1.82, 2.24) is 4.90 Å². The lowest BCUT2D eigenvalue weighted by Gasteiger charge is -2.15. The molecule has 0 amide bonds. The maximum absolute atomic E-state index is 8.71. The summed E-state index contributed by atoms with van der Waals surface area (Å²) in [5.74, 6) is 0.665. The Morgan fingerprint density at radius 2 is 2.06 bits per heavy atom. The van der Waals surface area contributed by atoms with Crippen molar-refractivity contribution in [3.8, 4) is 6.07 Å². The molecule has 1 aromatic rings. The van der Waals surface area contributed by atoms with Crippen LogP contribution in [0.2, 0.25) is 0 Å². The first kappa shape index (κ1) is 14.0. The molecule has 0 aliphatic carbocycles. The van der Waals surface area contributed by atoms with Gasteiger partial charge in [0.1, 0.15) is 0 Å². The average Bonchev–Trinajstić information content (AvgIpc) is 2.78. The summed E-state index contributed by atoms with van der Waals surface area (Å²) in [6.45, 7) is 4.02. The second kappa shape index (κ2) is 6.61. The van der Waals surface area contributed by atoms with Gasteiger partial charge in [-0.2, -0.15) is 5.26 Å². The molecule has 92 valence electrons. The molecule has 2 N–H and O–H groups in total. The van der Waals surface area contributed by atoms with E-state index in [1.165, 1.54) is 12.0 Å². The van der Waals surface area contributed by atoms with Crippen LogP contribution in [-0.4, -0.2) is 24.5 Å². The van der Waals surface area contributed by atoms with E-state index in [0.29, 0.717) is 5.92 Å². The van der Waals surface area contributed by atoms with Crippen LogP contribution < -0.4 is 5.73 Å². The zero-order chi connectivity index (χ0) is 11.4. The fourth-order valence-electron chi connectivity index (χ4n) is 2.19. The fraction of sp³-hybridized carbons (Fsp3) is 0.462. The van der Waals surface area contributed by atoms with Gasteiger partial charge in [-0.05, 0) is 43.1 Å². The van der Waals surface area contributed by atoms with Crippen LogP contribution in [-0.2, 0) is 6.54 Å². The van der Waals surface area contributed by atoms with Crippen LogP contribution in [0.4, 0.5) is 0 Å². The molecule has 1 unspecified atom stereocenters. The quantitative estimate of drug-likeness (QED) is 0.891. The highest BCUT2D eigenvalue weighted by Crippen LogP contribution is 2.17. The topological polar surface area (TPSA) is 53.0 Å². The van der Waals surface area contributed by atoms with E-state index in [4.69, 9.17) is 11.0 Å². The average molecular weight is 252 g/mol. The number of halogens is 1. The molecule has 1 aliphatic heterocycles. The van der Waals surface area contributed by atoms with E-state index in [1.54, 1.807) is 0 Å². The third kappa shape index (κ3) is 3.71. The van der Waals surface area contributed by atoms with Crippen molar-refractivity contribution >= 4 is 12.4 Å². The maximum atomic E-state index is 8.71. The molecule has 1 fully saturated rings. The predicted molar refractivity (Wildman–Crippen MR) is 70.8 cm³/mol. The Hall–Kier alpha value is -1.08. The maximum Gasteiger partial charge on any atom is 0.0991 e. The zero-order valence-electron chi connectivity index (χ0n) is 9.80. The number of hydrogen-bond donors (Lipinski definition) is 1. The van der Waals surface area contributed by atoms with Crippen molar-refractivity contribution in [1.29, 1.82) is 5.26 Å². The predicted octanol–water partition coefficient (Wildman–Crippen LogP) is 1.76. The SMILES string of the molecule is Cl.N#Cc1ccc(CN2CCC(CN)C2)cc1. The molecule has 1 saturated heterocycles. The van der Waals surface area contributed by atoms with Crippen molar-refractivity contribution in [3.63, 3.8) is 0 Å². The van der Waals surface area contributed by atoms with Gasteiger partial charge in [-0.3, -0.25) is 4.90 Å². The van der Waals surface area contributed by atoms with Gasteiger partial charge in [-0.15, -0.1) is 12.4 Å². The molecule has 0 spiro atoms. The number of nitrogens with two attached hydrogens (primary N) is 1. The number of hydrogen-bond acceptors (Lipinski definition) is 3. The summed E-state index contributed by atoms with van der Waals surface area (Å²) in [5, 5.41) is 8.71. The molecular weight excluding hydrogens is 234 g/mol. The van der Waals surface area contributed by atoms with Gasteiger partial charge >= 0.3 is 0 Å². The fourth-order valence-corrected chi connectivity index (χ4v) is 2.19. The highest BCUT2D eigenvalue weighted by atomic mass is 35.5. The highest BCUT2D eigenvalue weighted by molar-refractivity contribution is 5.85. The van der Waals surface area contributed by atoms with Crippen LogP contribution in [0.3, 0.4) is 0 Å². The standard InChI is InChI=1S/C13H17N3.ClH/c14-7-11-1-3-12(4-2-11)9-16-6-5-13(8-15)10-16;/h1-4,13H,5-6,8-10,15H2;1H. The van der Waals surface area contributed by atoms with E-state index in [1.807, 2.05) is 24.3 Å². The van der Waals surface area contributed by atoms with Crippen molar-refractivity contribution in [2.75, 3.05) is 19.6 Å². The van der Waals surface area contributed by atoms with Crippen LogP contribution >= 0.6 is 12.4 Å². The Balaban J connectivity index is 0.00000144. The molecule has 17 heavy (non-hydrogen) atoms. The minimum Gasteiger partial charge on any atom is -0.330 e. The van der Waals surface area contributed by atoms with E-state index in [2.05, 4.69) is 11.0 Å². The highest BCUT2D eigenvalue weighted by Gasteiger charge is 2.20. The Morgan fingerprint density at radius 1 is 1.35 bits per heavy atom. The Labute approximate surface area is 109 Å². The molecule has 0 radical (unpaired) electrons. The van der Waals surface area contributed by atoms with Crippen molar-refractivity contribution in [2.45, 2.75) is 13.0 Å². The van der Waals surface area contributed by atoms with E-state index in [0.717, 1.165) is 31.7 Å². The number of nitrogens with zero attached hydrogens (tertiary/aromatic N) is 2. The molecule has 0 saturated carbocycles. The van der Waals surface area contributed by atoms with E-state index in [9.17, 15) is 0 Å². The minimum atomic E-state index is 0. The lowest BCUT2D eigenvalue weighted by molar-refractivity contribution is 0.318. The Morgan fingerprint density at radius 3 is 2.59 bits per heavy atom. The lowest BCUT2D eigenvalue weighted by Crippen LogP contribution is -2.22. The van der Waals surface area contributed by atoms with Gasteiger partial charge in [-0.1, -0.05) is 12.1 Å². The van der Waals surface area contributed by atoms with Crippen molar-refractivity contribution < 1.29 is 0 Å². The number of rotatable bonds is 3. The van der Waals surface area contributed by atoms with E-state index < -0.39 is 0 Å².